The van der Waals surface area contributed by atoms with Gasteiger partial charge in [0.15, 0.2) is 0 Å². The van der Waals surface area contributed by atoms with E-state index >= 15 is 0 Å². The molecule has 5 heteroatoms. The molecule has 5 nitrogen and oxygen atoms in total. The van der Waals surface area contributed by atoms with E-state index in [1.54, 1.807) is 14.1 Å². The third-order valence-corrected chi connectivity index (χ3v) is 5.38. The molecule has 2 heterocycles. The molecule has 1 aromatic rings. The Morgan fingerprint density at radius 2 is 1.81 bits per heavy atom. The maximum Gasteiger partial charge on any atom is 0.333 e. The molecule has 1 aliphatic heterocycles. The lowest BCUT2D eigenvalue weighted by atomic mass is 9.65. The lowest BCUT2D eigenvalue weighted by Gasteiger charge is -2.48. The van der Waals surface area contributed by atoms with E-state index in [-0.39, 0.29) is 22.8 Å². The number of ether oxygens (including phenoxy) is 1. The van der Waals surface area contributed by atoms with Crippen LogP contribution in [0.2, 0.25) is 0 Å². The zero-order valence-electron chi connectivity index (χ0n) is 13.5. The van der Waals surface area contributed by atoms with Crippen LogP contribution >= 0.6 is 0 Å². The molecular formula is C16H24N2O3. The van der Waals surface area contributed by atoms with Crippen LogP contribution in [0.4, 0.5) is 0 Å². The monoisotopic (exact) mass is 292 g/mol. The molecule has 21 heavy (non-hydrogen) atoms. The molecule has 0 amide bonds. The van der Waals surface area contributed by atoms with E-state index in [9.17, 15) is 9.59 Å². The molecule has 0 N–H and O–H groups in total. The highest BCUT2D eigenvalue weighted by Gasteiger charge is 2.48. The molecule has 0 radical (unpaired) electrons. The standard InChI is InChI=1S/C16H24N2O3/c1-9-6-7-11-10(8-9)12-13(19)17(4)15(20)18(5)14(12)21-16(11,2)3/h9-11H,6-8H2,1-5H3/t9-,10+,11-/m1/s1. The first kappa shape index (κ1) is 14.4. The fourth-order valence-electron chi connectivity index (χ4n) is 4.15. The summed E-state index contributed by atoms with van der Waals surface area (Å²) in [6.45, 7) is 6.39. The van der Waals surface area contributed by atoms with Crippen LogP contribution in [0.3, 0.4) is 0 Å². The molecule has 0 spiro atoms. The average Bonchev–Trinajstić information content (AvgIpc) is 2.41. The van der Waals surface area contributed by atoms with E-state index in [2.05, 4.69) is 20.8 Å². The van der Waals surface area contributed by atoms with Crippen LogP contribution in [-0.2, 0) is 14.1 Å². The normalized spacial score (nSPS) is 30.2. The summed E-state index contributed by atoms with van der Waals surface area (Å²) in [5.74, 6) is 1.61. The van der Waals surface area contributed by atoms with E-state index in [1.165, 1.54) is 15.6 Å². The zero-order valence-corrected chi connectivity index (χ0v) is 13.5. The Morgan fingerprint density at radius 1 is 1.14 bits per heavy atom. The third kappa shape index (κ3) is 1.97. The first-order chi connectivity index (χ1) is 9.74. The minimum absolute atomic E-state index is 0.187. The van der Waals surface area contributed by atoms with E-state index in [1.807, 2.05) is 0 Å². The van der Waals surface area contributed by atoms with Crippen LogP contribution in [0.1, 0.15) is 51.5 Å². The molecule has 3 atom stereocenters. The summed E-state index contributed by atoms with van der Waals surface area (Å²) < 4.78 is 8.81. The van der Waals surface area contributed by atoms with E-state index in [0.717, 1.165) is 12.8 Å². The summed E-state index contributed by atoms with van der Waals surface area (Å²) in [5, 5.41) is 0. The van der Waals surface area contributed by atoms with Crippen LogP contribution in [-0.4, -0.2) is 14.7 Å². The Hall–Kier alpha value is -1.52. The van der Waals surface area contributed by atoms with Crippen molar-refractivity contribution in [2.75, 3.05) is 0 Å². The van der Waals surface area contributed by atoms with Gasteiger partial charge < -0.3 is 4.74 Å². The van der Waals surface area contributed by atoms with Crippen LogP contribution < -0.4 is 16.0 Å². The van der Waals surface area contributed by atoms with E-state index < -0.39 is 0 Å². The minimum atomic E-state index is -0.339. The van der Waals surface area contributed by atoms with E-state index in [0.29, 0.717) is 23.3 Å². The van der Waals surface area contributed by atoms with Gasteiger partial charge in [-0.2, -0.15) is 0 Å². The Bertz CT molecular complexity index is 699. The number of fused-ring (bicyclic) bond motifs is 3. The van der Waals surface area contributed by atoms with Crippen molar-refractivity contribution >= 4 is 0 Å². The molecule has 0 saturated heterocycles. The molecule has 2 aliphatic rings. The quantitative estimate of drug-likeness (QED) is 0.732. The van der Waals surface area contributed by atoms with Gasteiger partial charge in [0.2, 0.25) is 5.88 Å². The Morgan fingerprint density at radius 3 is 2.48 bits per heavy atom. The second-order valence-corrected chi connectivity index (χ2v) is 7.26. The molecule has 1 aromatic heterocycles. The topological polar surface area (TPSA) is 53.2 Å². The van der Waals surface area contributed by atoms with Gasteiger partial charge >= 0.3 is 5.69 Å². The predicted octanol–water partition coefficient (Wildman–Crippen LogP) is 1.77. The number of nitrogens with zero attached hydrogens (tertiary/aromatic N) is 2. The maximum absolute atomic E-state index is 12.6. The third-order valence-electron chi connectivity index (χ3n) is 5.38. The zero-order chi connectivity index (χ0) is 15.5. The van der Waals surface area contributed by atoms with Crippen LogP contribution in [0, 0.1) is 11.8 Å². The summed E-state index contributed by atoms with van der Waals surface area (Å²) in [4.78, 5) is 24.8. The molecule has 3 rings (SSSR count). The number of hydrogen-bond donors (Lipinski definition) is 0. The smallest absolute Gasteiger partial charge is 0.333 e. The van der Waals surface area contributed by atoms with Gasteiger partial charge in [-0.25, -0.2) is 4.79 Å². The van der Waals surface area contributed by atoms with Crippen molar-refractivity contribution in [1.29, 1.82) is 0 Å². The fourth-order valence-corrected chi connectivity index (χ4v) is 4.15. The van der Waals surface area contributed by atoms with Crippen LogP contribution in [0.5, 0.6) is 5.88 Å². The molecule has 1 fully saturated rings. The highest BCUT2D eigenvalue weighted by molar-refractivity contribution is 5.34. The van der Waals surface area contributed by atoms with Crippen molar-refractivity contribution in [3.05, 3.63) is 26.4 Å². The molecule has 0 bridgehead atoms. The molecule has 1 saturated carbocycles. The lowest BCUT2D eigenvalue weighted by molar-refractivity contribution is -0.0225. The second kappa shape index (κ2) is 4.49. The van der Waals surface area contributed by atoms with Gasteiger partial charge in [0, 0.05) is 25.9 Å². The Kier molecular flexibility index (Phi) is 3.08. The van der Waals surface area contributed by atoms with Gasteiger partial charge in [-0.05, 0) is 32.6 Å². The largest absolute Gasteiger partial charge is 0.472 e. The molecule has 116 valence electrons. The van der Waals surface area contributed by atoms with E-state index in [4.69, 9.17) is 4.74 Å². The Labute approximate surface area is 124 Å². The van der Waals surface area contributed by atoms with Gasteiger partial charge in [-0.15, -0.1) is 0 Å². The van der Waals surface area contributed by atoms with Crippen molar-refractivity contribution in [2.45, 2.75) is 51.6 Å². The van der Waals surface area contributed by atoms with Gasteiger partial charge in [-0.1, -0.05) is 13.3 Å². The summed E-state index contributed by atoms with van der Waals surface area (Å²) in [6.07, 6.45) is 3.25. The van der Waals surface area contributed by atoms with Crippen molar-refractivity contribution in [3.63, 3.8) is 0 Å². The number of hydrogen-bond acceptors (Lipinski definition) is 3. The first-order valence-electron chi connectivity index (χ1n) is 7.73. The van der Waals surface area contributed by atoms with Gasteiger partial charge in [0.05, 0.1) is 5.56 Å². The maximum atomic E-state index is 12.6. The van der Waals surface area contributed by atoms with Gasteiger partial charge in [0.25, 0.3) is 5.56 Å². The second-order valence-electron chi connectivity index (χ2n) is 7.26. The predicted molar refractivity (Wildman–Crippen MR) is 80.9 cm³/mol. The van der Waals surface area contributed by atoms with Crippen LogP contribution in [0.15, 0.2) is 9.59 Å². The molecule has 0 unspecified atom stereocenters. The SMILES string of the molecule is C[C@@H]1CC[C@@H]2[C@H](C1)c1c(n(C)c(=O)n(C)c1=O)OC2(C)C. The Balaban J connectivity index is 2.29. The van der Waals surface area contributed by atoms with Gasteiger partial charge in [0.1, 0.15) is 5.60 Å². The van der Waals surface area contributed by atoms with Crippen molar-refractivity contribution in [3.8, 4) is 5.88 Å². The fraction of sp³-hybridized carbons (Fsp3) is 0.750. The minimum Gasteiger partial charge on any atom is -0.472 e. The number of rotatable bonds is 0. The summed E-state index contributed by atoms with van der Waals surface area (Å²) in [7, 11) is 3.23. The molecular weight excluding hydrogens is 268 g/mol. The van der Waals surface area contributed by atoms with Crippen molar-refractivity contribution in [1.82, 2.24) is 9.13 Å². The highest BCUT2D eigenvalue weighted by atomic mass is 16.5. The summed E-state index contributed by atoms with van der Waals surface area (Å²) in [5.41, 5.74) is -0.144. The molecule has 0 aromatic carbocycles. The number of aromatic nitrogens is 2. The van der Waals surface area contributed by atoms with Crippen molar-refractivity contribution in [2.24, 2.45) is 25.9 Å². The average molecular weight is 292 g/mol. The van der Waals surface area contributed by atoms with Gasteiger partial charge in [-0.3, -0.25) is 13.9 Å². The highest BCUT2D eigenvalue weighted by Crippen LogP contribution is 2.51. The first-order valence-corrected chi connectivity index (χ1v) is 7.73. The summed E-state index contributed by atoms with van der Waals surface area (Å²) in [6, 6.07) is 0. The summed E-state index contributed by atoms with van der Waals surface area (Å²) >= 11 is 0. The van der Waals surface area contributed by atoms with Crippen LogP contribution in [0.25, 0.3) is 0 Å². The lowest BCUT2D eigenvalue weighted by Crippen LogP contribution is -2.52. The molecule has 1 aliphatic carbocycles. The van der Waals surface area contributed by atoms with Crippen molar-refractivity contribution < 1.29 is 4.74 Å².